The molecular formula is C15H18ClNO2. The van der Waals surface area contributed by atoms with E-state index in [0.717, 1.165) is 42.7 Å². The number of ether oxygens (including phenoxy) is 1. The first-order chi connectivity index (χ1) is 9.24. The first-order valence-electron chi connectivity index (χ1n) is 6.94. The Labute approximate surface area is 118 Å². The van der Waals surface area contributed by atoms with Gasteiger partial charge in [-0.25, -0.2) is 0 Å². The van der Waals surface area contributed by atoms with Crippen LogP contribution < -0.4 is 10.1 Å². The normalized spacial score (nSPS) is 21.8. The maximum absolute atomic E-state index is 12.3. The Morgan fingerprint density at radius 2 is 2.32 bits per heavy atom. The molecule has 1 N–H and O–H groups in total. The van der Waals surface area contributed by atoms with Crippen LogP contribution in [-0.2, 0) is 17.6 Å². The Balaban J connectivity index is 1.77. The molecule has 0 spiro atoms. The maximum atomic E-state index is 12.3. The molecule has 102 valence electrons. The number of carbonyl (C=O) groups excluding carboxylic acids is 1. The van der Waals surface area contributed by atoms with Crippen molar-refractivity contribution >= 4 is 17.4 Å². The molecule has 19 heavy (non-hydrogen) atoms. The van der Waals surface area contributed by atoms with Crippen LogP contribution in [-0.4, -0.2) is 25.0 Å². The second-order valence-electron chi connectivity index (χ2n) is 5.30. The molecule has 3 rings (SSSR count). The number of nitrogens with one attached hydrogen (secondary N) is 1. The molecule has 1 aromatic carbocycles. The molecule has 0 bridgehead atoms. The van der Waals surface area contributed by atoms with E-state index in [0.29, 0.717) is 18.1 Å². The van der Waals surface area contributed by atoms with Crippen molar-refractivity contribution in [3.63, 3.8) is 0 Å². The maximum Gasteiger partial charge on any atom is 0.154 e. The van der Waals surface area contributed by atoms with Gasteiger partial charge in [0.15, 0.2) is 5.78 Å². The number of piperidine rings is 1. The molecule has 1 atom stereocenters. The van der Waals surface area contributed by atoms with Crippen LogP contribution in [0.1, 0.15) is 30.4 Å². The van der Waals surface area contributed by atoms with E-state index in [1.54, 1.807) is 0 Å². The SMILES string of the molecule is O=C(Cc1cc(Cl)cc2c1OCC2)C1CCCCN1. The number of rotatable bonds is 3. The molecule has 2 aliphatic heterocycles. The zero-order valence-corrected chi connectivity index (χ0v) is 11.6. The third-order valence-corrected chi connectivity index (χ3v) is 4.11. The van der Waals surface area contributed by atoms with Crippen LogP contribution in [0.2, 0.25) is 5.02 Å². The zero-order chi connectivity index (χ0) is 13.2. The number of hydrogen-bond acceptors (Lipinski definition) is 3. The molecule has 2 heterocycles. The van der Waals surface area contributed by atoms with Crippen molar-refractivity contribution in [1.82, 2.24) is 5.32 Å². The van der Waals surface area contributed by atoms with Crippen molar-refractivity contribution in [3.05, 3.63) is 28.3 Å². The Hall–Kier alpha value is -1.06. The number of halogens is 1. The highest BCUT2D eigenvalue weighted by Gasteiger charge is 2.24. The largest absolute Gasteiger partial charge is 0.493 e. The fraction of sp³-hybridized carbons (Fsp3) is 0.533. The van der Waals surface area contributed by atoms with Crippen molar-refractivity contribution in [2.75, 3.05) is 13.2 Å². The topological polar surface area (TPSA) is 38.3 Å². The average molecular weight is 280 g/mol. The second kappa shape index (κ2) is 5.51. The number of carbonyl (C=O) groups is 1. The molecule has 2 aliphatic rings. The van der Waals surface area contributed by atoms with Gasteiger partial charge in [-0.05, 0) is 37.1 Å². The lowest BCUT2D eigenvalue weighted by atomic mass is 9.95. The van der Waals surface area contributed by atoms with Gasteiger partial charge in [0.1, 0.15) is 5.75 Å². The van der Waals surface area contributed by atoms with Gasteiger partial charge in [-0.2, -0.15) is 0 Å². The molecular weight excluding hydrogens is 262 g/mol. The van der Waals surface area contributed by atoms with Crippen molar-refractivity contribution < 1.29 is 9.53 Å². The van der Waals surface area contributed by atoms with Gasteiger partial charge in [-0.15, -0.1) is 0 Å². The van der Waals surface area contributed by atoms with E-state index in [9.17, 15) is 4.79 Å². The Morgan fingerprint density at radius 1 is 1.42 bits per heavy atom. The number of benzene rings is 1. The summed E-state index contributed by atoms with van der Waals surface area (Å²) in [7, 11) is 0. The number of Topliss-reactive ketones (excluding diaryl/α,β-unsaturated/α-hetero) is 1. The predicted octanol–water partition coefficient (Wildman–Crippen LogP) is 2.53. The molecule has 0 aliphatic carbocycles. The van der Waals surface area contributed by atoms with Gasteiger partial charge in [0.05, 0.1) is 12.6 Å². The van der Waals surface area contributed by atoms with E-state index in [-0.39, 0.29) is 11.8 Å². The van der Waals surface area contributed by atoms with E-state index in [2.05, 4.69) is 5.32 Å². The number of hydrogen-bond donors (Lipinski definition) is 1. The fourth-order valence-electron chi connectivity index (χ4n) is 2.91. The van der Waals surface area contributed by atoms with Gasteiger partial charge < -0.3 is 10.1 Å². The van der Waals surface area contributed by atoms with Crippen LogP contribution in [0, 0.1) is 0 Å². The van der Waals surface area contributed by atoms with Crippen molar-refractivity contribution in [2.45, 2.75) is 38.1 Å². The second-order valence-corrected chi connectivity index (χ2v) is 5.73. The van der Waals surface area contributed by atoms with Gasteiger partial charge in [-0.1, -0.05) is 18.0 Å². The van der Waals surface area contributed by atoms with Crippen LogP contribution in [0.4, 0.5) is 0 Å². The molecule has 1 fully saturated rings. The van der Waals surface area contributed by atoms with Gasteiger partial charge in [-0.3, -0.25) is 4.79 Å². The summed E-state index contributed by atoms with van der Waals surface area (Å²) in [5, 5.41) is 4.00. The monoisotopic (exact) mass is 279 g/mol. The lowest BCUT2D eigenvalue weighted by molar-refractivity contribution is -0.120. The highest BCUT2D eigenvalue weighted by molar-refractivity contribution is 6.30. The minimum Gasteiger partial charge on any atom is -0.493 e. The summed E-state index contributed by atoms with van der Waals surface area (Å²) in [4.78, 5) is 12.3. The smallest absolute Gasteiger partial charge is 0.154 e. The summed E-state index contributed by atoms with van der Waals surface area (Å²) in [5.74, 6) is 1.13. The minimum atomic E-state index is 0.00443. The van der Waals surface area contributed by atoms with Crippen LogP contribution in [0.15, 0.2) is 12.1 Å². The first-order valence-corrected chi connectivity index (χ1v) is 7.32. The van der Waals surface area contributed by atoms with Gasteiger partial charge in [0.25, 0.3) is 0 Å². The third-order valence-electron chi connectivity index (χ3n) is 3.89. The van der Waals surface area contributed by atoms with Crippen molar-refractivity contribution in [2.24, 2.45) is 0 Å². The number of ketones is 1. The highest BCUT2D eigenvalue weighted by Crippen LogP contribution is 2.33. The molecule has 1 saturated heterocycles. The van der Waals surface area contributed by atoms with Crippen LogP contribution in [0.3, 0.4) is 0 Å². The summed E-state index contributed by atoms with van der Waals surface area (Å²) in [6.07, 6.45) is 4.55. The van der Waals surface area contributed by atoms with Crippen LogP contribution >= 0.6 is 11.6 Å². The molecule has 0 aromatic heterocycles. The Morgan fingerprint density at radius 3 is 3.11 bits per heavy atom. The predicted molar refractivity (Wildman–Crippen MR) is 75.0 cm³/mol. The first kappa shape index (κ1) is 12.9. The van der Waals surface area contributed by atoms with Gasteiger partial charge >= 0.3 is 0 Å². The van der Waals surface area contributed by atoms with E-state index >= 15 is 0 Å². The lowest BCUT2D eigenvalue weighted by Gasteiger charge is -2.22. The average Bonchev–Trinajstić information content (AvgIpc) is 2.88. The molecule has 0 radical (unpaired) electrons. The molecule has 4 heteroatoms. The molecule has 3 nitrogen and oxygen atoms in total. The van der Waals surface area contributed by atoms with Crippen molar-refractivity contribution in [3.8, 4) is 5.75 Å². The summed E-state index contributed by atoms with van der Waals surface area (Å²) in [5.41, 5.74) is 2.07. The minimum absolute atomic E-state index is 0.00443. The molecule has 0 amide bonds. The van der Waals surface area contributed by atoms with E-state index < -0.39 is 0 Å². The van der Waals surface area contributed by atoms with Crippen LogP contribution in [0.25, 0.3) is 0 Å². The van der Waals surface area contributed by atoms with Crippen LogP contribution in [0.5, 0.6) is 5.75 Å². The third kappa shape index (κ3) is 2.77. The van der Waals surface area contributed by atoms with E-state index in [1.165, 1.54) is 6.42 Å². The van der Waals surface area contributed by atoms with E-state index in [4.69, 9.17) is 16.3 Å². The quantitative estimate of drug-likeness (QED) is 0.924. The summed E-state index contributed by atoms with van der Waals surface area (Å²) in [6, 6.07) is 3.81. The summed E-state index contributed by atoms with van der Waals surface area (Å²) in [6.45, 7) is 1.64. The lowest BCUT2D eigenvalue weighted by Crippen LogP contribution is -2.41. The van der Waals surface area contributed by atoms with E-state index in [1.807, 2.05) is 12.1 Å². The Kier molecular flexibility index (Phi) is 3.76. The molecule has 1 unspecified atom stereocenters. The zero-order valence-electron chi connectivity index (χ0n) is 10.9. The van der Waals surface area contributed by atoms with Gasteiger partial charge in [0.2, 0.25) is 0 Å². The van der Waals surface area contributed by atoms with Crippen molar-refractivity contribution in [1.29, 1.82) is 0 Å². The highest BCUT2D eigenvalue weighted by atomic mass is 35.5. The Bertz CT molecular complexity index is 495. The standard InChI is InChI=1S/C15H18ClNO2/c16-12-7-10-4-6-19-15(10)11(8-12)9-14(18)13-3-1-2-5-17-13/h7-8,13,17H,1-6,9H2. The van der Waals surface area contributed by atoms with Gasteiger partial charge in [0, 0.05) is 23.4 Å². The number of fused-ring (bicyclic) bond motifs is 1. The summed E-state index contributed by atoms with van der Waals surface area (Å²) < 4.78 is 5.64. The molecule has 0 saturated carbocycles. The fourth-order valence-corrected chi connectivity index (χ4v) is 3.18. The molecule has 1 aromatic rings. The summed E-state index contributed by atoms with van der Waals surface area (Å²) >= 11 is 6.12.